The summed E-state index contributed by atoms with van der Waals surface area (Å²) in [6, 6.07) is 6.34. The van der Waals surface area contributed by atoms with Crippen LogP contribution in [-0.4, -0.2) is 48.2 Å². The van der Waals surface area contributed by atoms with E-state index in [2.05, 4.69) is 0 Å². The number of amides is 2. The highest BCUT2D eigenvalue weighted by atomic mass is 16.4. The molecule has 6 nitrogen and oxygen atoms in total. The van der Waals surface area contributed by atoms with Crippen LogP contribution in [0.1, 0.15) is 5.56 Å². The van der Waals surface area contributed by atoms with Crippen molar-refractivity contribution in [1.29, 1.82) is 0 Å². The van der Waals surface area contributed by atoms with Crippen molar-refractivity contribution in [3.63, 3.8) is 0 Å². The van der Waals surface area contributed by atoms with Crippen LogP contribution in [-0.2, 0) is 11.2 Å². The van der Waals surface area contributed by atoms with E-state index < -0.39 is 12.0 Å². The van der Waals surface area contributed by atoms with Crippen LogP contribution in [0.5, 0.6) is 0 Å². The Hall–Kier alpha value is -2.08. The molecule has 2 amide bonds. The maximum absolute atomic E-state index is 11.8. The molecule has 0 aliphatic carbocycles. The second-order valence-corrected chi connectivity index (χ2v) is 4.67. The molecule has 3 N–H and O–H groups in total. The van der Waals surface area contributed by atoms with E-state index in [1.165, 1.54) is 0 Å². The van der Waals surface area contributed by atoms with E-state index in [9.17, 15) is 9.59 Å². The van der Waals surface area contributed by atoms with E-state index in [-0.39, 0.29) is 12.5 Å². The molecule has 19 heavy (non-hydrogen) atoms. The van der Waals surface area contributed by atoms with Crippen molar-refractivity contribution in [3.05, 3.63) is 29.8 Å². The molecule has 1 aliphatic heterocycles. The van der Waals surface area contributed by atoms with Gasteiger partial charge in [-0.2, -0.15) is 0 Å². The molecule has 0 aromatic heterocycles. The molecule has 1 aromatic carbocycles. The smallest absolute Gasteiger partial charge is 0.324 e. The van der Waals surface area contributed by atoms with Gasteiger partial charge >= 0.3 is 12.0 Å². The van der Waals surface area contributed by atoms with E-state index in [1.54, 1.807) is 16.8 Å². The second-order valence-electron chi connectivity index (χ2n) is 4.67. The van der Waals surface area contributed by atoms with Crippen molar-refractivity contribution < 1.29 is 14.7 Å². The molecular weight excluding hydrogens is 246 g/mol. The Kier molecular flexibility index (Phi) is 3.71. The minimum absolute atomic E-state index is 0.0185. The number of carbonyl (C=O) groups excluding carboxylic acids is 1. The fraction of sp³-hybridized carbons (Fsp3) is 0.385. The summed E-state index contributed by atoms with van der Waals surface area (Å²) in [5, 5.41) is 8.75. The number of aliphatic carboxylic acids is 1. The van der Waals surface area contributed by atoms with Crippen LogP contribution in [0.3, 0.4) is 0 Å². The molecule has 1 aliphatic rings. The zero-order valence-corrected chi connectivity index (χ0v) is 10.7. The third kappa shape index (κ3) is 2.85. The Labute approximate surface area is 111 Å². The fourth-order valence-electron chi connectivity index (χ4n) is 2.04. The molecule has 1 fully saturated rings. The summed E-state index contributed by atoms with van der Waals surface area (Å²) in [4.78, 5) is 25.8. The van der Waals surface area contributed by atoms with Gasteiger partial charge in [-0.15, -0.1) is 0 Å². The van der Waals surface area contributed by atoms with E-state index >= 15 is 0 Å². The predicted octanol–water partition coefficient (Wildman–Crippen LogP) is 0.513. The molecule has 1 heterocycles. The Morgan fingerprint density at radius 2 is 2.00 bits per heavy atom. The topological polar surface area (TPSA) is 86.9 Å². The van der Waals surface area contributed by atoms with Gasteiger partial charge in [0.1, 0.15) is 6.04 Å². The molecule has 1 unspecified atom stereocenters. The summed E-state index contributed by atoms with van der Waals surface area (Å²) < 4.78 is 0. The number of urea groups is 1. The predicted molar refractivity (Wildman–Crippen MR) is 71.1 cm³/mol. The number of rotatable bonds is 4. The van der Waals surface area contributed by atoms with Gasteiger partial charge < -0.3 is 15.7 Å². The second kappa shape index (κ2) is 5.27. The van der Waals surface area contributed by atoms with Gasteiger partial charge in [-0.05, 0) is 24.1 Å². The van der Waals surface area contributed by atoms with Crippen LogP contribution in [0.2, 0.25) is 0 Å². The number of anilines is 1. The maximum atomic E-state index is 11.8. The molecule has 0 bridgehead atoms. The minimum atomic E-state index is -1.01. The van der Waals surface area contributed by atoms with E-state index in [0.29, 0.717) is 13.1 Å². The largest absolute Gasteiger partial charge is 0.480 e. The number of benzene rings is 1. The van der Waals surface area contributed by atoms with Crippen LogP contribution in [0.25, 0.3) is 0 Å². The zero-order chi connectivity index (χ0) is 14.0. The Morgan fingerprint density at radius 3 is 2.47 bits per heavy atom. The number of hydrogen-bond donors (Lipinski definition) is 2. The summed E-state index contributed by atoms with van der Waals surface area (Å²) in [6.07, 6.45) is 0.281. The summed E-state index contributed by atoms with van der Waals surface area (Å²) in [7, 11) is 1.77. The lowest BCUT2D eigenvalue weighted by molar-refractivity contribution is -0.138. The quantitative estimate of drug-likeness (QED) is 0.828. The monoisotopic (exact) mass is 263 g/mol. The average Bonchev–Trinajstić information content (AvgIpc) is 2.71. The molecule has 0 spiro atoms. The van der Waals surface area contributed by atoms with Crippen molar-refractivity contribution in [1.82, 2.24) is 4.90 Å². The summed E-state index contributed by atoms with van der Waals surface area (Å²) >= 11 is 0. The van der Waals surface area contributed by atoms with Crippen molar-refractivity contribution in [3.8, 4) is 0 Å². The van der Waals surface area contributed by atoms with E-state index in [4.69, 9.17) is 10.8 Å². The lowest BCUT2D eigenvalue weighted by Crippen LogP contribution is -2.32. The number of nitrogens with zero attached hydrogens (tertiary/aromatic N) is 2. The summed E-state index contributed by atoms with van der Waals surface area (Å²) in [5.41, 5.74) is 7.15. The molecule has 102 valence electrons. The van der Waals surface area contributed by atoms with E-state index in [1.807, 2.05) is 24.3 Å². The highest BCUT2D eigenvalue weighted by Gasteiger charge is 2.26. The lowest BCUT2D eigenvalue weighted by Gasteiger charge is -2.16. The van der Waals surface area contributed by atoms with Gasteiger partial charge in [-0.3, -0.25) is 9.69 Å². The first-order valence-electron chi connectivity index (χ1n) is 6.09. The number of hydrogen-bond acceptors (Lipinski definition) is 3. The average molecular weight is 263 g/mol. The van der Waals surface area contributed by atoms with Gasteiger partial charge in [-0.25, -0.2) is 4.79 Å². The first-order chi connectivity index (χ1) is 8.99. The number of carboxylic acid groups (broad SMARTS) is 1. The number of likely N-dealkylation sites (N-methyl/N-ethyl adjacent to an activating group) is 1. The Morgan fingerprint density at radius 1 is 1.37 bits per heavy atom. The van der Waals surface area contributed by atoms with Crippen LogP contribution < -0.4 is 10.6 Å². The van der Waals surface area contributed by atoms with Crippen molar-refractivity contribution in [2.24, 2.45) is 5.73 Å². The first kappa shape index (κ1) is 13.4. The summed E-state index contributed by atoms with van der Waals surface area (Å²) in [5.74, 6) is -1.01. The van der Waals surface area contributed by atoms with Crippen LogP contribution in [0, 0.1) is 0 Å². The van der Waals surface area contributed by atoms with Crippen LogP contribution in [0.4, 0.5) is 10.5 Å². The molecule has 1 aromatic rings. The molecule has 2 rings (SSSR count). The molecule has 1 atom stereocenters. The van der Waals surface area contributed by atoms with Gasteiger partial charge in [0.25, 0.3) is 0 Å². The Balaban J connectivity index is 2.07. The van der Waals surface area contributed by atoms with Crippen molar-refractivity contribution >= 4 is 17.7 Å². The van der Waals surface area contributed by atoms with Crippen LogP contribution in [0.15, 0.2) is 24.3 Å². The molecule has 1 saturated heterocycles. The first-order valence-corrected chi connectivity index (χ1v) is 6.09. The number of carbonyl (C=O) groups is 2. The fourth-order valence-corrected chi connectivity index (χ4v) is 2.04. The van der Waals surface area contributed by atoms with Crippen LogP contribution >= 0.6 is 0 Å². The van der Waals surface area contributed by atoms with Crippen molar-refractivity contribution in [2.45, 2.75) is 12.5 Å². The summed E-state index contributed by atoms with van der Waals surface area (Å²) in [6.45, 7) is 1.38. The molecule has 0 radical (unpaired) electrons. The standard InChI is InChI=1S/C13H17N3O3/c1-15-6-7-16(13(15)19)10-4-2-9(3-5-10)8-11(14)12(17)18/h2-5,11H,6-8,14H2,1H3,(H,17,18). The normalized spacial score (nSPS) is 16.8. The highest BCUT2D eigenvalue weighted by molar-refractivity contribution is 5.93. The van der Waals surface area contributed by atoms with Gasteiger partial charge in [0.15, 0.2) is 0 Å². The van der Waals surface area contributed by atoms with Gasteiger partial charge in [0.05, 0.1) is 0 Å². The minimum Gasteiger partial charge on any atom is -0.480 e. The molecular formula is C13H17N3O3. The van der Waals surface area contributed by atoms with Gasteiger partial charge in [0, 0.05) is 25.8 Å². The van der Waals surface area contributed by atoms with Gasteiger partial charge in [-0.1, -0.05) is 12.1 Å². The number of carboxylic acids is 1. The Bertz CT molecular complexity index is 486. The lowest BCUT2D eigenvalue weighted by atomic mass is 10.1. The van der Waals surface area contributed by atoms with Crippen molar-refractivity contribution in [2.75, 3.05) is 25.0 Å². The zero-order valence-electron chi connectivity index (χ0n) is 10.7. The molecule has 6 heteroatoms. The maximum Gasteiger partial charge on any atom is 0.324 e. The number of nitrogens with two attached hydrogens (primary N) is 1. The highest BCUT2D eigenvalue weighted by Crippen LogP contribution is 2.20. The third-order valence-electron chi connectivity index (χ3n) is 3.24. The SMILES string of the molecule is CN1CCN(c2ccc(CC(N)C(=O)O)cc2)C1=O. The van der Waals surface area contributed by atoms with E-state index in [0.717, 1.165) is 11.3 Å². The molecule has 0 saturated carbocycles. The third-order valence-corrected chi connectivity index (χ3v) is 3.24. The van der Waals surface area contributed by atoms with Gasteiger partial charge in [0.2, 0.25) is 0 Å².